The van der Waals surface area contributed by atoms with Crippen molar-refractivity contribution in [3.8, 4) is 11.5 Å². The van der Waals surface area contributed by atoms with Crippen molar-refractivity contribution in [1.82, 2.24) is 5.32 Å². The van der Waals surface area contributed by atoms with Gasteiger partial charge in [-0.2, -0.15) is 0 Å². The number of nitrogens with two attached hydrogens (primary N) is 1. The van der Waals surface area contributed by atoms with Crippen molar-refractivity contribution in [3.63, 3.8) is 0 Å². The average molecular weight is 250 g/mol. The van der Waals surface area contributed by atoms with Crippen LogP contribution in [0.15, 0.2) is 18.2 Å². The van der Waals surface area contributed by atoms with E-state index in [4.69, 9.17) is 15.2 Å². The molecule has 18 heavy (non-hydrogen) atoms. The maximum Gasteiger partial charge on any atom is 0.242 e. The highest BCUT2D eigenvalue weighted by atomic mass is 16.5. The van der Waals surface area contributed by atoms with Crippen molar-refractivity contribution in [2.45, 2.75) is 18.9 Å². The molecule has 5 heteroatoms. The molecule has 3 N–H and O–H groups in total. The van der Waals surface area contributed by atoms with Crippen LogP contribution in [0.1, 0.15) is 18.9 Å². The number of benzene rings is 1. The van der Waals surface area contributed by atoms with E-state index in [2.05, 4.69) is 5.32 Å². The van der Waals surface area contributed by atoms with Crippen LogP contribution in [-0.2, 0) is 10.3 Å². The first-order valence-electron chi connectivity index (χ1n) is 5.97. The summed E-state index contributed by atoms with van der Waals surface area (Å²) in [7, 11) is 1.70. The Morgan fingerprint density at radius 1 is 1.33 bits per heavy atom. The Balaban J connectivity index is 2.41. The third-order valence-electron chi connectivity index (χ3n) is 3.32. The summed E-state index contributed by atoms with van der Waals surface area (Å²) in [4.78, 5) is 11.6. The molecule has 1 aromatic rings. The molecule has 1 unspecified atom stereocenters. The van der Waals surface area contributed by atoms with Gasteiger partial charge in [-0.15, -0.1) is 0 Å². The largest absolute Gasteiger partial charge is 0.490 e. The molecule has 98 valence electrons. The molecule has 0 spiro atoms. The van der Waals surface area contributed by atoms with Crippen LogP contribution >= 0.6 is 0 Å². The molecule has 0 fully saturated rings. The normalized spacial score (nSPS) is 17.7. The number of rotatable bonds is 3. The molecule has 5 nitrogen and oxygen atoms in total. The minimum atomic E-state index is -0.912. The van der Waals surface area contributed by atoms with Crippen LogP contribution < -0.4 is 20.5 Å². The minimum Gasteiger partial charge on any atom is -0.490 e. The first kappa shape index (κ1) is 12.7. The highest BCUT2D eigenvalue weighted by Crippen LogP contribution is 2.33. The van der Waals surface area contributed by atoms with Crippen molar-refractivity contribution in [2.24, 2.45) is 5.73 Å². The molecule has 1 aliphatic rings. The van der Waals surface area contributed by atoms with Crippen molar-refractivity contribution in [1.29, 1.82) is 0 Å². The van der Waals surface area contributed by atoms with E-state index in [1.54, 1.807) is 14.0 Å². The van der Waals surface area contributed by atoms with Crippen molar-refractivity contribution >= 4 is 5.91 Å². The van der Waals surface area contributed by atoms with E-state index in [1.165, 1.54) is 0 Å². The molecule has 0 radical (unpaired) electrons. The van der Waals surface area contributed by atoms with Crippen molar-refractivity contribution < 1.29 is 14.3 Å². The van der Waals surface area contributed by atoms with E-state index in [0.29, 0.717) is 24.7 Å². The Hall–Kier alpha value is -1.75. The summed E-state index contributed by atoms with van der Waals surface area (Å²) < 4.78 is 11.2. The van der Waals surface area contributed by atoms with E-state index in [9.17, 15) is 4.79 Å². The summed E-state index contributed by atoms with van der Waals surface area (Å²) in [5, 5.41) is 2.95. The average Bonchev–Trinajstić information content (AvgIpc) is 2.61. The first-order chi connectivity index (χ1) is 8.58. The van der Waals surface area contributed by atoms with Crippen LogP contribution in [-0.4, -0.2) is 26.2 Å². The number of fused-ring (bicyclic) bond motifs is 1. The third kappa shape index (κ3) is 2.13. The lowest BCUT2D eigenvalue weighted by Crippen LogP contribution is -2.48. The van der Waals surface area contributed by atoms with Gasteiger partial charge in [-0.3, -0.25) is 4.79 Å². The van der Waals surface area contributed by atoms with E-state index in [1.807, 2.05) is 18.2 Å². The number of hydrogen-bond acceptors (Lipinski definition) is 4. The quantitative estimate of drug-likeness (QED) is 0.831. The lowest BCUT2D eigenvalue weighted by atomic mass is 9.91. The first-order valence-corrected chi connectivity index (χ1v) is 5.97. The Morgan fingerprint density at radius 2 is 2.00 bits per heavy atom. The summed E-state index contributed by atoms with van der Waals surface area (Å²) in [6.07, 6.45) is 0.850. The molecule has 1 amide bonds. The van der Waals surface area contributed by atoms with Crippen LogP contribution in [0.3, 0.4) is 0 Å². The summed E-state index contributed by atoms with van der Waals surface area (Å²) in [5.41, 5.74) is 5.30. The van der Waals surface area contributed by atoms with Gasteiger partial charge in [0.05, 0.1) is 13.2 Å². The highest BCUT2D eigenvalue weighted by molar-refractivity contribution is 5.85. The van der Waals surface area contributed by atoms with Gasteiger partial charge >= 0.3 is 0 Å². The van der Waals surface area contributed by atoms with Crippen LogP contribution in [0.2, 0.25) is 0 Å². The number of primary amides is 1. The van der Waals surface area contributed by atoms with Gasteiger partial charge in [0.2, 0.25) is 5.91 Å². The fourth-order valence-corrected chi connectivity index (χ4v) is 1.88. The molecule has 0 bridgehead atoms. The van der Waals surface area contributed by atoms with Gasteiger partial charge in [-0.25, -0.2) is 0 Å². The van der Waals surface area contributed by atoms with Crippen LogP contribution in [0, 0.1) is 0 Å². The number of ether oxygens (including phenoxy) is 2. The van der Waals surface area contributed by atoms with E-state index < -0.39 is 11.4 Å². The molecule has 2 rings (SSSR count). The predicted molar refractivity (Wildman–Crippen MR) is 67.7 cm³/mol. The number of likely N-dealkylation sites (N-methyl/N-ethyl adjacent to an activating group) is 1. The molecular formula is C13H18N2O3. The van der Waals surface area contributed by atoms with Gasteiger partial charge in [0, 0.05) is 6.42 Å². The second-order valence-electron chi connectivity index (χ2n) is 4.45. The molecule has 1 aromatic carbocycles. The van der Waals surface area contributed by atoms with Gasteiger partial charge in [-0.1, -0.05) is 6.07 Å². The molecule has 0 aliphatic carbocycles. The lowest BCUT2D eigenvalue weighted by molar-refractivity contribution is -0.123. The van der Waals surface area contributed by atoms with Gasteiger partial charge in [0.1, 0.15) is 5.54 Å². The molecule has 0 saturated heterocycles. The predicted octanol–water partition coefficient (Wildman–Crippen LogP) is 0.768. The topological polar surface area (TPSA) is 73.6 Å². The monoisotopic (exact) mass is 250 g/mol. The second kappa shape index (κ2) is 4.86. The van der Waals surface area contributed by atoms with Crippen LogP contribution in [0.5, 0.6) is 11.5 Å². The highest BCUT2D eigenvalue weighted by Gasteiger charge is 2.32. The molecule has 0 saturated carbocycles. The Bertz CT molecular complexity index is 462. The standard InChI is InChI=1S/C13H18N2O3/c1-13(15-2,12(14)16)9-4-5-10-11(8-9)18-7-3-6-17-10/h4-5,8,15H,3,6-7H2,1-2H3,(H2,14,16). The third-order valence-corrected chi connectivity index (χ3v) is 3.32. The molecule has 0 aromatic heterocycles. The lowest BCUT2D eigenvalue weighted by Gasteiger charge is -2.26. The molecular weight excluding hydrogens is 232 g/mol. The maximum absolute atomic E-state index is 11.6. The Morgan fingerprint density at radius 3 is 2.61 bits per heavy atom. The number of nitrogens with one attached hydrogen (secondary N) is 1. The van der Waals surface area contributed by atoms with Crippen LogP contribution in [0.4, 0.5) is 0 Å². The van der Waals surface area contributed by atoms with Crippen molar-refractivity contribution in [3.05, 3.63) is 23.8 Å². The maximum atomic E-state index is 11.6. The zero-order valence-electron chi connectivity index (χ0n) is 10.7. The van der Waals surface area contributed by atoms with Gasteiger partial charge < -0.3 is 20.5 Å². The van der Waals surface area contributed by atoms with Crippen LogP contribution in [0.25, 0.3) is 0 Å². The fourth-order valence-electron chi connectivity index (χ4n) is 1.88. The smallest absolute Gasteiger partial charge is 0.242 e. The number of hydrogen-bond donors (Lipinski definition) is 2. The molecule has 1 heterocycles. The van der Waals surface area contributed by atoms with Crippen molar-refractivity contribution in [2.75, 3.05) is 20.3 Å². The number of carbonyl (C=O) groups excluding carboxylic acids is 1. The summed E-state index contributed by atoms with van der Waals surface area (Å²) >= 11 is 0. The second-order valence-corrected chi connectivity index (χ2v) is 4.45. The summed E-state index contributed by atoms with van der Waals surface area (Å²) in [6.45, 7) is 3.00. The Kier molecular flexibility index (Phi) is 3.43. The number of amides is 1. The Labute approximate surface area is 106 Å². The zero-order chi connectivity index (χ0) is 13.2. The fraction of sp³-hybridized carbons (Fsp3) is 0.462. The summed E-state index contributed by atoms with van der Waals surface area (Å²) in [6, 6.07) is 5.45. The zero-order valence-corrected chi connectivity index (χ0v) is 10.7. The number of carbonyl (C=O) groups is 1. The summed E-state index contributed by atoms with van der Waals surface area (Å²) in [5.74, 6) is 0.936. The van der Waals surface area contributed by atoms with Gasteiger partial charge in [-0.05, 0) is 31.7 Å². The van der Waals surface area contributed by atoms with Gasteiger partial charge in [0.25, 0.3) is 0 Å². The van der Waals surface area contributed by atoms with Gasteiger partial charge in [0.15, 0.2) is 11.5 Å². The SMILES string of the molecule is CNC(C)(C(N)=O)c1ccc2c(c1)OCCCO2. The van der Waals surface area contributed by atoms with E-state index >= 15 is 0 Å². The molecule has 1 aliphatic heterocycles. The molecule has 1 atom stereocenters. The minimum absolute atomic E-state index is 0.431. The van der Waals surface area contributed by atoms with E-state index in [0.717, 1.165) is 12.0 Å². The van der Waals surface area contributed by atoms with E-state index in [-0.39, 0.29) is 0 Å².